The minimum Gasteiger partial charge on any atom is -0.523 e. The Balaban J connectivity index is 1.66. The van der Waals surface area contributed by atoms with Gasteiger partial charge in [0, 0.05) is 11.3 Å². The van der Waals surface area contributed by atoms with Crippen molar-refractivity contribution in [2.24, 2.45) is 61.3 Å². The van der Waals surface area contributed by atoms with Crippen LogP contribution in [-0.4, -0.2) is 29.1 Å². The number of nitrogens with zero attached hydrogens (tertiary/aromatic N) is 2. The third-order valence-electron chi connectivity index (χ3n) is 13.5. The average molecular weight is 525 g/mol. The largest absolute Gasteiger partial charge is 0.523 e. The van der Waals surface area contributed by atoms with Crippen molar-refractivity contribution >= 4 is 11.7 Å². The van der Waals surface area contributed by atoms with E-state index in [0.717, 1.165) is 50.7 Å². The van der Waals surface area contributed by atoms with E-state index in [0.29, 0.717) is 18.5 Å². The summed E-state index contributed by atoms with van der Waals surface area (Å²) in [6.45, 7) is 23.9. The Kier molecular flexibility index (Phi) is 5.97. The summed E-state index contributed by atoms with van der Waals surface area (Å²) in [5.41, 5.74) is 0.0703. The van der Waals surface area contributed by atoms with E-state index >= 15 is 0 Å². The van der Waals surface area contributed by atoms with Gasteiger partial charge in [0.1, 0.15) is 5.76 Å². The van der Waals surface area contributed by atoms with E-state index in [1.165, 1.54) is 7.11 Å². The quantitative estimate of drug-likeness (QED) is 0.159. The van der Waals surface area contributed by atoms with Gasteiger partial charge in [0.05, 0.1) is 24.8 Å². The topological polar surface area (TPSA) is 83.5 Å². The zero-order valence-corrected chi connectivity index (χ0v) is 24.8. The predicted molar refractivity (Wildman–Crippen MR) is 147 cm³/mol. The summed E-state index contributed by atoms with van der Waals surface area (Å²) in [5.74, 6) is 0.729. The Morgan fingerprint density at radius 2 is 1.66 bits per heavy atom. The first-order valence-electron chi connectivity index (χ1n) is 14.7. The van der Waals surface area contributed by atoms with Crippen molar-refractivity contribution < 1.29 is 19.8 Å². The molecule has 0 aromatic carbocycles. The van der Waals surface area contributed by atoms with E-state index in [-0.39, 0.29) is 57.1 Å². The van der Waals surface area contributed by atoms with Crippen LogP contribution in [0, 0.1) is 62.7 Å². The second kappa shape index (κ2) is 8.24. The number of aliphatic hydroxyl groups is 1. The summed E-state index contributed by atoms with van der Waals surface area (Å²) in [6, 6.07) is 0. The predicted octanol–water partition coefficient (Wildman–Crippen LogP) is 7.78. The SMILES string of the molecule is [C-]#[N+]C1=C(O)C(C)(C)[C@@H]2CC[C@]3(C)[C@H](C/C(=N\O)[C@@H]4[C@@H]5CC(C)(C)CC[C@]5(C(=O)OC)CC[C@]43C)[C@@]2(C)C1. The van der Waals surface area contributed by atoms with Crippen LogP contribution in [0.4, 0.5) is 0 Å². The van der Waals surface area contributed by atoms with Gasteiger partial charge < -0.3 is 15.1 Å². The highest BCUT2D eigenvalue weighted by Gasteiger charge is 2.72. The molecule has 0 radical (unpaired) electrons. The molecule has 0 aliphatic heterocycles. The van der Waals surface area contributed by atoms with E-state index in [2.05, 4.69) is 58.5 Å². The van der Waals surface area contributed by atoms with Crippen molar-refractivity contribution in [2.45, 2.75) is 106 Å². The number of esters is 1. The third kappa shape index (κ3) is 3.23. The Bertz CT molecular complexity index is 1150. The maximum absolute atomic E-state index is 13.5. The van der Waals surface area contributed by atoms with Crippen molar-refractivity contribution in [1.29, 1.82) is 0 Å². The van der Waals surface area contributed by atoms with E-state index < -0.39 is 10.8 Å². The monoisotopic (exact) mass is 524 g/mol. The van der Waals surface area contributed by atoms with Crippen LogP contribution in [0.5, 0.6) is 0 Å². The number of aliphatic hydroxyl groups excluding tert-OH is 1. The van der Waals surface area contributed by atoms with E-state index in [1.807, 2.05) is 0 Å². The minimum absolute atomic E-state index is 0.0159. The molecule has 4 fully saturated rings. The number of oxime groups is 1. The highest BCUT2D eigenvalue weighted by Crippen LogP contribution is 2.76. The lowest BCUT2D eigenvalue weighted by molar-refractivity contribution is -0.215. The van der Waals surface area contributed by atoms with Crippen LogP contribution in [0.25, 0.3) is 4.85 Å². The molecule has 5 rings (SSSR count). The van der Waals surface area contributed by atoms with Crippen LogP contribution in [0.3, 0.4) is 0 Å². The fourth-order valence-corrected chi connectivity index (χ4v) is 11.3. The molecule has 5 aliphatic rings. The Labute approximate surface area is 229 Å². The molecule has 0 aromatic rings. The molecule has 2 N–H and O–H groups in total. The second-order valence-electron chi connectivity index (χ2n) is 15.7. The molecular formula is C32H48N2O4. The second-order valence-corrected chi connectivity index (χ2v) is 15.7. The maximum Gasteiger partial charge on any atom is 0.312 e. The Hall–Kier alpha value is -2.03. The molecule has 0 spiro atoms. The van der Waals surface area contributed by atoms with Crippen LogP contribution in [0.2, 0.25) is 0 Å². The number of fused-ring (bicyclic) bond motifs is 7. The first kappa shape index (κ1) is 27.5. The number of carbonyl (C=O) groups is 1. The Morgan fingerprint density at radius 1 is 1.00 bits per heavy atom. The standard InChI is InChI=1S/C32H48N2O4/c1-27(2)12-14-32(26(36)38-9)15-13-31(7)24(19(32)17-27)20(34-37)16-23-29(5)18-21(33-8)25(35)28(3,4)22(29)10-11-30(23,31)6/h19,22-24,35,37H,10-18H2,1-7,9H3/b34-20+/t19-,22-,23+,24-,29-,30+,31+,32-/m0/s1. The highest BCUT2D eigenvalue weighted by atomic mass is 16.5. The van der Waals surface area contributed by atoms with Crippen molar-refractivity contribution in [1.82, 2.24) is 0 Å². The van der Waals surface area contributed by atoms with Crippen LogP contribution in [-0.2, 0) is 9.53 Å². The van der Waals surface area contributed by atoms with Gasteiger partial charge >= 0.3 is 5.97 Å². The minimum atomic E-state index is -0.521. The summed E-state index contributed by atoms with van der Waals surface area (Å²) in [4.78, 5) is 17.3. The number of rotatable bonds is 1. The van der Waals surface area contributed by atoms with Crippen LogP contribution >= 0.6 is 0 Å². The molecular weight excluding hydrogens is 476 g/mol. The molecule has 6 nitrogen and oxygen atoms in total. The zero-order valence-electron chi connectivity index (χ0n) is 24.8. The highest BCUT2D eigenvalue weighted by molar-refractivity contribution is 5.90. The van der Waals surface area contributed by atoms with E-state index in [1.54, 1.807) is 0 Å². The molecule has 0 heterocycles. The molecule has 5 aliphatic carbocycles. The van der Waals surface area contributed by atoms with Crippen molar-refractivity contribution in [3.8, 4) is 0 Å². The summed E-state index contributed by atoms with van der Waals surface area (Å²) < 4.78 is 5.48. The number of hydrogen-bond donors (Lipinski definition) is 2. The van der Waals surface area contributed by atoms with Gasteiger partial charge in [-0.1, -0.05) is 53.6 Å². The lowest BCUT2D eigenvalue weighted by Crippen LogP contribution is -2.69. The molecule has 8 atom stereocenters. The van der Waals surface area contributed by atoms with Gasteiger partial charge in [-0.15, -0.1) is 0 Å². The molecule has 38 heavy (non-hydrogen) atoms. The van der Waals surface area contributed by atoms with Crippen molar-refractivity contribution in [3.05, 3.63) is 22.9 Å². The molecule has 0 amide bonds. The molecule has 4 saturated carbocycles. The summed E-state index contributed by atoms with van der Waals surface area (Å²) >= 11 is 0. The van der Waals surface area contributed by atoms with Crippen molar-refractivity contribution in [2.75, 3.05) is 7.11 Å². The third-order valence-corrected chi connectivity index (χ3v) is 13.5. The van der Waals surface area contributed by atoms with Gasteiger partial charge in [0.2, 0.25) is 5.70 Å². The summed E-state index contributed by atoms with van der Waals surface area (Å²) in [6.07, 6.45) is 7.74. The van der Waals surface area contributed by atoms with Crippen LogP contribution in [0.1, 0.15) is 106 Å². The molecule has 210 valence electrons. The Morgan fingerprint density at radius 3 is 2.26 bits per heavy atom. The molecule has 6 heteroatoms. The molecule has 0 bridgehead atoms. The van der Waals surface area contributed by atoms with Gasteiger partial charge in [-0.25, -0.2) is 4.85 Å². The zero-order chi connectivity index (χ0) is 28.1. The number of allylic oxidation sites excluding steroid dienone is 2. The summed E-state index contributed by atoms with van der Waals surface area (Å²) in [5, 5.41) is 25.8. The molecule has 0 aromatic heterocycles. The lowest BCUT2D eigenvalue weighted by atomic mass is 9.31. The fraction of sp³-hybridized carbons (Fsp3) is 0.844. The van der Waals surface area contributed by atoms with E-state index in [9.17, 15) is 15.1 Å². The first-order valence-corrected chi connectivity index (χ1v) is 14.7. The lowest BCUT2D eigenvalue weighted by Gasteiger charge is -2.72. The number of carbonyl (C=O) groups excluding carboxylic acids is 1. The smallest absolute Gasteiger partial charge is 0.312 e. The summed E-state index contributed by atoms with van der Waals surface area (Å²) in [7, 11) is 1.52. The van der Waals surface area contributed by atoms with Gasteiger partial charge in [0.15, 0.2) is 0 Å². The molecule has 0 saturated heterocycles. The van der Waals surface area contributed by atoms with Crippen LogP contribution in [0.15, 0.2) is 16.6 Å². The number of ether oxygens (including phenoxy) is 1. The van der Waals surface area contributed by atoms with Gasteiger partial charge in [-0.3, -0.25) is 4.79 Å². The van der Waals surface area contributed by atoms with Crippen molar-refractivity contribution in [3.63, 3.8) is 0 Å². The maximum atomic E-state index is 13.5. The average Bonchev–Trinajstić information content (AvgIpc) is 2.85. The number of hydrogen-bond acceptors (Lipinski definition) is 5. The fourth-order valence-electron chi connectivity index (χ4n) is 11.3. The first-order chi connectivity index (χ1) is 17.6. The van der Waals surface area contributed by atoms with E-state index in [4.69, 9.17) is 11.3 Å². The normalized spacial score (nSPS) is 48.1. The van der Waals surface area contributed by atoms with Gasteiger partial charge in [-0.05, 0) is 97.2 Å². The molecule has 0 unspecified atom stereocenters. The number of methoxy groups -OCH3 is 1. The van der Waals surface area contributed by atoms with Gasteiger partial charge in [0.25, 0.3) is 0 Å². The van der Waals surface area contributed by atoms with Gasteiger partial charge in [-0.2, -0.15) is 0 Å². The van der Waals surface area contributed by atoms with Crippen LogP contribution < -0.4 is 0 Å².